The van der Waals surface area contributed by atoms with E-state index < -0.39 is 10.0 Å². The van der Waals surface area contributed by atoms with Crippen LogP contribution in [0.25, 0.3) is 0 Å². The summed E-state index contributed by atoms with van der Waals surface area (Å²) in [6.07, 6.45) is 1.06. The maximum absolute atomic E-state index is 13.3. The summed E-state index contributed by atoms with van der Waals surface area (Å²) in [6, 6.07) is 11.5. The third kappa shape index (κ3) is 4.84. The molecule has 0 radical (unpaired) electrons. The molecule has 32 heavy (non-hydrogen) atoms. The second kappa shape index (κ2) is 9.63. The Balaban J connectivity index is 1.67. The minimum atomic E-state index is -3.58. The van der Waals surface area contributed by atoms with Gasteiger partial charge in [0.15, 0.2) is 0 Å². The molecule has 1 aliphatic rings. The first kappa shape index (κ1) is 24.3. The Morgan fingerprint density at radius 3 is 2.09 bits per heavy atom. The SMILES string of the molecule is COc1ccc(C(C)N(C)C(=O)C2CCN(S(=O)(=O)c3c(C)cc(C)cc3C)CC2)cc1. The van der Waals surface area contributed by atoms with Crippen LogP contribution in [0.15, 0.2) is 41.3 Å². The number of amides is 1. The van der Waals surface area contributed by atoms with Crippen LogP contribution in [0.1, 0.15) is 48.1 Å². The number of benzene rings is 2. The summed E-state index contributed by atoms with van der Waals surface area (Å²) in [4.78, 5) is 15.3. The molecule has 1 atom stereocenters. The molecule has 7 heteroatoms. The van der Waals surface area contributed by atoms with Crippen LogP contribution in [-0.4, -0.2) is 50.8 Å². The molecule has 0 saturated carbocycles. The van der Waals surface area contributed by atoms with Crippen LogP contribution in [0.3, 0.4) is 0 Å². The lowest BCUT2D eigenvalue weighted by atomic mass is 9.95. The van der Waals surface area contributed by atoms with Gasteiger partial charge >= 0.3 is 0 Å². The van der Waals surface area contributed by atoms with Gasteiger partial charge in [0, 0.05) is 26.1 Å². The number of sulfonamides is 1. The number of ether oxygens (including phenoxy) is 1. The van der Waals surface area contributed by atoms with Gasteiger partial charge in [-0.1, -0.05) is 29.8 Å². The van der Waals surface area contributed by atoms with Crippen molar-refractivity contribution in [2.75, 3.05) is 27.2 Å². The predicted octanol–water partition coefficient (Wildman–Crippen LogP) is 4.24. The first-order valence-corrected chi connectivity index (χ1v) is 12.5. The molecule has 0 aliphatic carbocycles. The van der Waals surface area contributed by atoms with E-state index in [-0.39, 0.29) is 17.9 Å². The first-order chi connectivity index (χ1) is 15.1. The summed E-state index contributed by atoms with van der Waals surface area (Å²) < 4.78 is 33.4. The third-order valence-corrected chi connectivity index (χ3v) is 8.74. The van der Waals surface area contributed by atoms with E-state index in [0.29, 0.717) is 30.8 Å². The van der Waals surface area contributed by atoms with Gasteiger partial charge in [0.2, 0.25) is 15.9 Å². The van der Waals surface area contributed by atoms with E-state index in [1.54, 1.807) is 12.0 Å². The normalized spacial score (nSPS) is 16.6. The van der Waals surface area contributed by atoms with Gasteiger partial charge in [0.1, 0.15) is 5.75 Å². The number of aryl methyl sites for hydroxylation is 3. The number of methoxy groups -OCH3 is 1. The van der Waals surface area contributed by atoms with Crippen LogP contribution in [0, 0.1) is 26.7 Å². The standard InChI is InChI=1S/C25H34N2O4S/c1-17-15-18(2)24(19(3)16-17)32(29,30)27-13-11-22(12-14-27)25(28)26(5)20(4)21-7-9-23(31-6)10-8-21/h7-10,15-16,20,22H,11-14H2,1-6H3. The van der Waals surface area contributed by atoms with Gasteiger partial charge in [0.25, 0.3) is 0 Å². The fourth-order valence-corrected chi connectivity index (χ4v) is 6.51. The highest BCUT2D eigenvalue weighted by Gasteiger charge is 2.35. The van der Waals surface area contributed by atoms with E-state index in [1.165, 1.54) is 4.31 Å². The van der Waals surface area contributed by atoms with Crippen molar-refractivity contribution < 1.29 is 17.9 Å². The zero-order valence-electron chi connectivity index (χ0n) is 19.9. The fourth-order valence-electron chi connectivity index (χ4n) is 4.63. The van der Waals surface area contributed by atoms with Crippen molar-refractivity contribution in [1.82, 2.24) is 9.21 Å². The Hall–Kier alpha value is -2.38. The van der Waals surface area contributed by atoms with Crippen LogP contribution >= 0.6 is 0 Å². The number of hydrogen-bond acceptors (Lipinski definition) is 4. The van der Waals surface area contributed by atoms with Gasteiger partial charge in [-0.2, -0.15) is 4.31 Å². The zero-order valence-corrected chi connectivity index (χ0v) is 20.7. The van der Waals surface area contributed by atoms with E-state index >= 15 is 0 Å². The van der Waals surface area contributed by atoms with E-state index in [9.17, 15) is 13.2 Å². The topological polar surface area (TPSA) is 66.9 Å². The lowest BCUT2D eigenvalue weighted by Gasteiger charge is -2.35. The quantitative estimate of drug-likeness (QED) is 0.649. The van der Waals surface area contributed by atoms with E-state index in [1.807, 2.05) is 71.1 Å². The van der Waals surface area contributed by atoms with Gasteiger partial charge in [-0.3, -0.25) is 4.79 Å². The Labute approximate surface area is 192 Å². The number of nitrogens with zero attached hydrogens (tertiary/aromatic N) is 2. The van der Waals surface area contributed by atoms with E-state index in [0.717, 1.165) is 28.0 Å². The molecule has 2 aromatic rings. The molecule has 1 unspecified atom stereocenters. The highest BCUT2D eigenvalue weighted by atomic mass is 32.2. The number of hydrogen-bond donors (Lipinski definition) is 0. The molecular formula is C25H34N2O4S. The maximum atomic E-state index is 13.3. The number of carbonyl (C=O) groups excluding carboxylic acids is 1. The highest BCUT2D eigenvalue weighted by molar-refractivity contribution is 7.89. The van der Waals surface area contributed by atoms with Crippen LogP contribution in [0.5, 0.6) is 5.75 Å². The van der Waals surface area contributed by atoms with Crippen molar-refractivity contribution in [3.05, 3.63) is 58.7 Å². The van der Waals surface area contributed by atoms with Crippen molar-refractivity contribution in [1.29, 1.82) is 0 Å². The van der Waals surface area contributed by atoms with Gasteiger partial charge < -0.3 is 9.64 Å². The molecule has 1 heterocycles. The van der Waals surface area contributed by atoms with Crippen LogP contribution in [0.4, 0.5) is 0 Å². The summed E-state index contributed by atoms with van der Waals surface area (Å²) in [5, 5.41) is 0. The smallest absolute Gasteiger partial charge is 0.243 e. The molecule has 2 aromatic carbocycles. The molecule has 1 fully saturated rings. The van der Waals surface area contributed by atoms with E-state index in [2.05, 4.69) is 0 Å². The second-order valence-electron chi connectivity index (χ2n) is 8.80. The van der Waals surface area contributed by atoms with Crippen molar-refractivity contribution in [3.63, 3.8) is 0 Å². The Kier molecular flexibility index (Phi) is 7.30. The highest BCUT2D eigenvalue weighted by Crippen LogP contribution is 2.31. The summed E-state index contributed by atoms with van der Waals surface area (Å²) in [7, 11) is -0.133. The second-order valence-corrected chi connectivity index (χ2v) is 10.7. The Bertz CT molecular complexity index is 1050. The number of carbonyl (C=O) groups is 1. The summed E-state index contributed by atoms with van der Waals surface area (Å²) in [6.45, 7) is 8.38. The lowest BCUT2D eigenvalue weighted by molar-refractivity contribution is -0.137. The van der Waals surface area contributed by atoms with Gasteiger partial charge in [0.05, 0.1) is 18.0 Å². The number of rotatable bonds is 6. The summed E-state index contributed by atoms with van der Waals surface area (Å²) >= 11 is 0. The van der Waals surface area contributed by atoms with Crippen molar-refractivity contribution in [2.24, 2.45) is 5.92 Å². The average molecular weight is 459 g/mol. The molecule has 3 rings (SSSR count). The predicted molar refractivity (Wildman–Crippen MR) is 126 cm³/mol. The molecule has 6 nitrogen and oxygen atoms in total. The average Bonchev–Trinajstić information content (AvgIpc) is 2.76. The van der Waals surface area contributed by atoms with E-state index in [4.69, 9.17) is 4.74 Å². The van der Waals surface area contributed by atoms with Crippen LogP contribution < -0.4 is 4.74 Å². The van der Waals surface area contributed by atoms with Gasteiger partial charge in [-0.15, -0.1) is 0 Å². The molecule has 0 aromatic heterocycles. The molecule has 0 spiro atoms. The third-order valence-electron chi connectivity index (χ3n) is 6.53. The Morgan fingerprint density at radius 1 is 1.06 bits per heavy atom. The van der Waals surface area contributed by atoms with Crippen molar-refractivity contribution >= 4 is 15.9 Å². The Morgan fingerprint density at radius 2 is 1.59 bits per heavy atom. The lowest BCUT2D eigenvalue weighted by Crippen LogP contribution is -2.44. The minimum Gasteiger partial charge on any atom is -0.497 e. The summed E-state index contributed by atoms with van der Waals surface area (Å²) in [5.41, 5.74) is 3.63. The maximum Gasteiger partial charge on any atom is 0.243 e. The molecule has 174 valence electrons. The molecule has 0 N–H and O–H groups in total. The monoisotopic (exact) mass is 458 g/mol. The van der Waals surface area contributed by atoms with Crippen molar-refractivity contribution in [3.8, 4) is 5.75 Å². The van der Waals surface area contributed by atoms with Gasteiger partial charge in [-0.25, -0.2) is 8.42 Å². The van der Waals surface area contributed by atoms with Crippen LogP contribution in [0.2, 0.25) is 0 Å². The first-order valence-electron chi connectivity index (χ1n) is 11.0. The molecule has 0 bridgehead atoms. The molecule has 1 saturated heterocycles. The van der Waals surface area contributed by atoms with Gasteiger partial charge in [-0.05, 0) is 69.4 Å². The molecular weight excluding hydrogens is 424 g/mol. The fraction of sp³-hybridized carbons (Fsp3) is 0.480. The van der Waals surface area contributed by atoms with Crippen LogP contribution in [-0.2, 0) is 14.8 Å². The summed E-state index contributed by atoms with van der Waals surface area (Å²) in [5.74, 6) is 0.669. The van der Waals surface area contributed by atoms with Crippen molar-refractivity contribution in [2.45, 2.75) is 51.5 Å². The minimum absolute atomic E-state index is 0.0630. The molecule has 1 amide bonds. The number of piperidine rings is 1. The largest absolute Gasteiger partial charge is 0.497 e. The zero-order chi connectivity index (χ0) is 23.6. The molecule has 1 aliphatic heterocycles.